The molecular formula is C20H15ClN2O2. The smallest absolute Gasteiger partial charge is 0.262 e. The van der Waals surface area contributed by atoms with E-state index in [1.807, 2.05) is 36.4 Å². The van der Waals surface area contributed by atoms with E-state index >= 15 is 0 Å². The van der Waals surface area contributed by atoms with Gasteiger partial charge in [0.05, 0.1) is 5.56 Å². The number of nitrogens with one attached hydrogen (secondary N) is 1. The minimum absolute atomic E-state index is 0.106. The molecule has 0 radical (unpaired) electrons. The van der Waals surface area contributed by atoms with E-state index < -0.39 is 6.17 Å². The van der Waals surface area contributed by atoms with Gasteiger partial charge >= 0.3 is 0 Å². The number of para-hydroxylation sites is 1. The standard InChI is InChI=1S/C20H15ClN2O2/c21-14-5-3-4-13(12-14)19-22-18-7-2-1-6-17(18)20(25)23(19)15-8-10-16(24)11-9-15/h1-12,19,22,24H/t19-/m1/s1. The van der Waals surface area contributed by atoms with Crippen LogP contribution in [-0.2, 0) is 0 Å². The minimum atomic E-state index is -0.398. The van der Waals surface area contributed by atoms with E-state index in [9.17, 15) is 9.90 Å². The maximum Gasteiger partial charge on any atom is 0.262 e. The molecule has 1 amide bonds. The predicted octanol–water partition coefficient (Wildman–Crippen LogP) is 4.82. The van der Waals surface area contributed by atoms with Crippen LogP contribution in [0.1, 0.15) is 22.1 Å². The first-order valence-corrected chi connectivity index (χ1v) is 8.25. The number of anilines is 2. The summed E-state index contributed by atoms with van der Waals surface area (Å²) < 4.78 is 0. The van der Waals surface area contributed by atoms with Gasteiger partial charge in [-0.2, -0.15) is 0 Å². The number of hydrogen-bond acceptors (Lipinski definition) is 3. The molecule has 3 aromatic rings. The highest BCUT2D eigenvalue weighted by atomic mass is 35.5. The van der Waals surface area contributed by atoms with Crippen LogP contribution in [0.25, 0.3) is 0 Å². The number of halogens is 1. The first kappa shape index (κ1) is 15.5. The molecule has 0 saturated heterocycles. The van der Waals surface area contributed by atoms with Crippen molar-refractivity contribution in [2.24, 2.45) is 0 Å². The van der Waals surface area contributed by atoms with E-state index in [0.717, 1.165) is 11.3 Å². The van der Waals surface area contributed by atoms with E-state index in [2.05, 4.69) is 5.32 Å². The van der Waals surface area contributed by atoms with Gasteiger partial charge in [-0.25, -0.2) is 0 Å². The van der Waals surface area contributed by atoms with Crippen LogP contribution < -0.4 is 10.2 Å². The molecule has 0 spiro atoms. The lowest BCUT2D eigenvalue weighted by molar-refractivity contribution is 0.0975. The van der Waals surface area contributed by atoms with Crippen molar-refractivity contribution < 1.29 is 9.90 Å². The van der Waals surface area contributed by atoms with Gasteiger partial charge in [0.15, 0.2) is 0 Å². The molecule has 124 valence electrons. The fourth-order valence-electron chi connectivity index (χ4n) is 3.04. The number of rotatable bonds is 2. The van der Waals surface area contributed by atoms with Crippen molar-refractivity contribution in [2.75, 3.05) is 10.2 Å². The highest BCUT2D eigenvalue weighted by Gasteiger charge is 2.33. The number of carbonyl (C=O) groups is 1. The third-order valence-electron chi connectivity index (χ3n) is 4.22. The van der Waals surface area contributed by atoms with Crippen LogP contribution in [0.5, 0.6) is 5.75 Å². The summed E-state index contributed by atoms with van der Waals surface area (Å²) in [7, 11) is 0. The van der Waals surface area contributed by atoms with Crippen LogP contribution in [0.15, 0.2) is 72.8 Å². The van der Waals surface area contributed by atoms with E-state index in [1.54, 1.807) is 41.3 Å². The molecule has 3 aromatic carbocycles. The van der Waals surface area contributed by atoms with Gasteiger partial charge < -0.3 is 10.4 Å². The highest BCUT2D eigenvalue weighted by Crippen LogP contribution is 2.37. The zero-order chi connectivity index (χ0) is 17.4. The van der Waals surface area contributed by atoms with Crippen LogP contribution in [0, 0.1) is 0 Å². The second kappa shape index (κ2) is 6.15. The lowest BCUT2D eigenvalue weighted by Gasteiger charge is -2.38. The van der Waals surface area contributed by atoms with Crippen LogP contribution in [0.2, 0.25) is 5.02 Å². The molecule has 1 atom stereocenters. The summed E-state index contributed by atoms with van der Waals surface area (Å²) in [5.41, 5.74) is 2.96. The SMILES string of the molecule is O=C1c2ccccc2N[C@@H](c2cccc(Cl)c2)N1c1ccc(O)cc1. The third-order valence-corrected chi connectivity index (χ3v) is 4.45. The normalized spacial score (nSPS) is 16.3. The molecule has 4 rings (SSSR count). The van der Waals surface area contributed by atoms with Gasteiger partial charge in [0, 0.05) is 16.4 Å². The van der Waals surface area contributed by atoms with Crippen molar-refractivity contribution in [2.45, 2.75) is 6.17 Å². The maximum atomic E-state index is 13.2. The molecule has 4 nitrogen and oxygen atoms in total. The molecule has 2 N–H and O–H groups in total. The topological polar surface area (TPSA) is 52.6 Å². The van der Waals surface area contributed by atoms with Crippen LogP contribution in [0.4, 0.5) is 11.4 Å². The second-order valence-electron chi connectivity index (χ2n) is 5.84. The number of hydrogen-bond donors (Lipinski definition) is 2. The van der Waals surface area contributed by atoms with Gasteiger partial charge in [0.2, 0.25) is 0 Å². The quantitative estimate of drug-likeness (QED) is 0.697. The van der Waals surface area contributed by atoms with Gasteiger partial charge in [-0.15, -0.1) is 0 Å². The van der Waals surface area contributed by atoms with Gasteiger partial charge in [0.25, 0.3) is 5.91 Å². The van der Waals surface area contributed by atoms with Crippen LogP contribution >= 0.6 is 11.6 Å². The molecule has 0 aliphatic carbocycles. The lowest BCUT2D eigenvalue weighted by atomic mass is 10.0. The van der Waals surface area contributed by atoms with Crippen molar-refractivity contribution in [1.29, 1.82) is 0 Å². The fraction of sp³-hybridized carbons (Fsp3) is 0.0500. The average Bonchev–Trinajstić information content (AvgIpc) is 2.63. The first-order valence-electron chi connectivity index (χ1n) is 7.87. The van der Waals surface area contributed by atoms with E-state index in [1.165, 1.54) is 0 Å². The van der Waals surface area contributed by atoms with Crippen LogP contribution in [0.3, 0.4) is 0 Å². The van der Waals surface area contributed by atoms with Gasteiger partial charge in [-0.05, 0) is 54.1 Å². The molecule has 0 saturated carbocycles. The number of carbonyl (C=O) groups excluding carboxylic acids is 1. The van der Waals surface area contributed by atoms with Crippen LogP contribution in [-0.4, -0.2) is 11.0 Å². The molecule has 5 heteroatoms. The Labute approximate surface area is 150 Å². The molecule has 25 heavy (non-hydrogen) atoms. The number of phenols is 1. The predicted molar refractivity (Wildman–Crippen MR) is 99.2 cm³/mol. The molecule has 1 aliphatic heterocycles. The monoisotopic (exact) mass is 350 g/mol. The Morgan fingerprint density at radius 3 is 2.48 bits per heavy atom. The maximum absolute atomic E-state index is 13.2. The summed E-state index contributed by atoms with van der Waals surface area (Å²) in [6.07, 6.45) is -0.398. The van der Waals surface area contributed by atoms with Gasteiger partial charge in [0.1, 0.15) is 11.9 Å². The summed E-state index contributed by atoms with van der Waals surface area (Å²) >= 11 is 6.15. The molecular weight excluding hydrogens is 336 g/mol. The van der Waals surface area contributed by atoms with Crippen molar-refractivity contribution >= 4 is 28.9 Å². The number of amides is 1. The summed E-state index contributed by atoms with van der Waals surface area (Å²) in [5, 5.41) is 13.6. The van der Waals surface area contributed by atoms with Gasteiger partial charge in [-0.1, -0.05) is 35.9 Å². The molecule has 0 fully saturated rings. The highest BCUT2D eigenvalue weighted by molar-refractivity contribution is 6.30. The average molecular weight is 351 g/mol. The summed E-state index contributed by atoms with van der Waals surface area (Å²) in [6, 6.07) is 21.4. The number of nitrogens with zero attached hydrogens (tertiary/aromatic N) is 1. The fourth-order valence-corrected chi connectivity index (χ4v) is 3.24. The summed E-state index contributed by atoms with van der Waals surface area (Å²) in [5.74, 6) is 0.0471. The summed E-state index contributed by atoms with van der Waals surface area (Å²) in [6.45, 7) is 0. The van der Waals surface area contributed by atoms with Gasteiger partial charge in [-0.3, -0.25) is 9.69 Å². The zero-order valence-electron chi connectivity index (χ0n) is 13.2. The second-order valence-corrected chi connectivity index (χ2v) is 6.28. The molecule has 0 bridgehead atoms. The van der Waals surface area contributed by atoms with E-state index in [4.69, 9.17) is 11.6 Å². The Hall–Kier alpha value is -2.98. The third kappa shape index (κ3) is 2.81. The molecule has 0 aromatic heterocycles. The van der Waals surface area contributed by atoms with E-state index in [0.29, 0.717) is 16.3 Å². The molecule has 1 heterocycles. The van der Waals surface area contributed by atoms with Crippen molar-refractivity contribution in [3.63, 3.8) is 0 Å². The zero-order valence-corrected chi connectivity index (χ0v) is 13.9. The lowest BCUT2D eigenvalue weighted by Crippen LogP contribution is -2.43. The summed E-state index contributed by atoms with van der Waals surface area (Å²) in [4.78, 5) is 14.8. The number of phenolic OH excluding ortho intramolecular Hbond substituents is 1. The van der Waals surface area contributed by atoms with E-state index in [-0.39, 0.29) is 11.7 Å². The Kier molecular flexibility index (Phi) is 3.82. The minimum Gasteiger partial charge on any atom is -0.508 e. The first-order chi connectivity index (χ1) is 12.1. The molecule has 0 unspecified atom stereocenters. The Morgan fingerprint density at radius 1 is 0.960 bits per heavy atom. The number of aromatic hydroxyl groups is 1. The number of benzene rings is 3. The van der Waals surface area contributed by atoms with Crippen molar-refractivity contribution in [1.82, 2.24) is 0 Å². The number of fused-ring (bicyclic) bond motifs is 1. The molecule has 1 aliphatic rings. The van der Waals surface area contributed by atoms with Crippen molar-refractivity contribution in [3.8, 4) is 5.75 Å². The Bertz CT molecular complexity index is 940. The Balaban J connectivity index is 1.87. The Morgan fingerprint density at radius 2 is 1.72 bits per heavy atom. The van der Waals surface area contributed by atoms with Crippen molar-refractivity contribution in [3.05, 3.63) is 88.9 Å². The largest absolute Gasteiger partial charge is 0.508 e.